The molecule has 0 saturated heterocycles. The van der Waals surface area contributed by atoms with Gasteiger partial charge in [0.2, 0.25) is 0 Å². The Balaban J connectivity index is 0.000000791. The van der Waals surface area contributed by atoms with Crippen molar-refractivity contribution in [1.82, 2.24) is 0 Å². The first-order valence-corrected chi connectivity index (χ1v) is 6.19. The fourth-order valence-electron chi connectivity index (χ4n) is 2.14. The molecule has 1 aliphatic carbocycles. The molecule has 1 nitrogen and oxygen atoms in total. The first-order chi connectivity index (χ1) is 6.86. The minimum atomic E-state index is 0.563. The molecular weight excluding hydrogens is 170 g/mol. The molecule has 14 heavy (non-hydrogen) atoms. The predicted molar refractivity (Wildman–Crippen MR) is 65.3 cm³/mol. The average Bonchev–Trinajstić information content (AvgIpc) is 2.30. The Morgan fingerprint density at radius 2 is 1.86 bits per heavy atom. The van der Waals surface area contributed by atoms with Crippen molar-refractivity contribution in [3.8, 4) is 0 Å². The summed E-state index contributed by atoms with van der Waals surface area (Å²) in [6, 6.07) is 0. The van der Waals surface area contributed by atoms with Crippen molar-refractivity contribution in [3.05, 3.63) is 12.7 Å². The van der Waals surface area contributed by atoms with Gasteiger partial charge in [0.15, 0.2) is 0 Å². The summed E-state index contributed by atoms with van der Waals surface area (Å²) in [5.41, 5.74) is 5.63. The molecule has 0 bridgehead atoms. The van der Waals surface area contributed by atoms with Crippen LogP contribution < -0.4 is 5.73 Å². The van der Waals surface area contributed by atoms with E-state index < -0.39 is 0 Å². The quantitative estimate of drug-likeness (QED) is 0.683. The molecule has 1 aliphatic rings. The summed E-state index contributed by atoms with van der Waals surface area (Å²) in [5, 5.41) is 0. The summed E-state index contributed by atoms with van der Waals surface area (Å²) < 4.78 is 0. The summed E-state index contributed by atoms with van der Waals surface area (Å²) in [6.07, 6.45) is 10.4. The molecule has 0 aromatic heterocycles. The van der Waals surface area contributed by atoms with Gasteiger partial charge in [-0.05, 0) is 24.8 Å². The Hall–Kier alpha value is -0.300. The summed E-state index contributed by atoms with van der Waals surface area (Å²) in [4.78, 5) is 0. The van der Waals surface area contributed by atoms with Crippen LogP contribution in [0.4, 0.5) is 0 Å². The van der Waals surface area contributed by atoms with Crippen molar-refractivity contribution >= 4 is 0 Å². The molecule has 1 rings (SSSR count). The van der Waals surface area contributed by atoms with Gasteiger partial charge in [-0.25, -0.2) is 0 Å². The molecule has 0 spiro atoms. The van der Waals surface area contributed by atoms with E-state index in [9.17, 15) is 0 Å². The van der Waals surface area contributed by atoms with Crippen molar-refractivity contribution in [2.24, 2.45) is 17.6 Å². The lowest BCUT2D eigenvalue weighted by Crippen LogP contribution is -2.17. The highest BCUT2D eigenvalue weighted by Gasteiger charge is 2.15. The highest BCUT2D eigenvalue weighted by molar-refractivity contribution is 4.82. The maximum absolute atomic E-state index is 5.63. The van der Waals surface area contributed by atoms with Gasteiger partial charge in [-0.2, -0.15) is 0 Å². The van der Waals surface area contributed by atoms with Crippen LogP contribution in [-0.4, -0.2) is 6.54 Å². The SMILES string of the molecule is C=CC(CN)CC1CCCCC1.CC. The molecule has 2 N–H and O–H groups in total. The van der Waals surface area contributed by atoms with Crippen molar-refractivity contribution in [1.29, 1.82) is 0 Å². The van der Waals surface area contributed by atoms with Gasteiger partial charge < -0.3 is 5.73 Å². The van der Waals surface area contributed by atoms with Gasteiger partial charge in [0.25, 0.3) is 0 Å². The standard InChI is InChI=1S/C11H21N.C2H6/c1-2-10(9-12)8-11-6-4-3-5-7-11;1-2/h2,10-11H,1,3-9,12H2;1-2H3. The van der Waals surface area contributed by atoms with E-state index in [1.54, 1.807) is 0 Å². The van der Waals surface area contributed by atoms with Gasteiger partial charge in [-0.3, -0.25) is 0 Å². The third-order valence-corrected chi connectivity index (χ3v) is 3.00. The van der Waals surface area contributed by atoms with Crippen LogP contribution >= 0.6 is 0 Å². The predicted octanol–water partition coefficient (Wildman–Crippen LogP) is 3.74. The Morgan fingerprint density at radius 1 is 1.29 bits per heavy atom. The van der Waals surface area contributed by atoms with Crippen LogP contribution in [0.3, 0.4) is 0 Å². The number of hydrogen-bond acceptors (Lipinski definition) is 1. The average molecular weight is 197 g/mol. The van der Waals surface area contributed by atoms with Gasteiger partial charge >= 0.3 is 0 Å². The molecular formula is C13H27N. The molecule has 0 aromatic rings. The van der Waals surface area contributed by atoms with Crippen molar-refractivity contribution in [2.75, 3.05) is 6.54 Å². The highest BCUT2D eigenvalue weighted by atomic mass is 14.5. The molecule has 1 saturated carbocycles. The van der Waals surface area contributed by atoms with Crippen LogP contribution in [0.15, 0.2) is 12.7 Å². The minimum Gasteiger partial charge on any atom is -0.330 e. The van der Waals surface area contributed by atoms with E-state index in [-0.39, 0.29) is 0 Å². The first-order valence-electron chi connectivity index (χ1n) is 6.19. The molecule has 0 radical (unpaired) electrons. The number of rotatable bonds is 4. The van der Waals surface area contributed by atoms with Crippen LogP contribution in [0.25, 0.3) is 0 Å². The lowest BCUT2D eigenvalue weighted by atomic mass is 9.83. The summed E-state index contributed by atoms with van der Waals surface area (Å²) in [5.74, 6) is 1.50. The first kappa shape index (κ1) is 13.7. The molecule has 0 aromatic carbocycles. The zero-order valence-electron chi connectivity index (χ0n) is 9.97. The molecule has 1 fully saturated rings. The lowest BCUT2D eigenvalue weighted by Gasteiger charge is -2.24. The Morgan fingerprint density at radius 3 is 2.29 bits per heavy atom. The minimum absolute atomic E-state index is 0.563. The molecule has 84 valence electrons. The smallest absolute Gasteiger partial charge is 0.00142 e. The van der Waals surface area contributed by atoms with Crippen molar-refractivity contribution < 1.29 is 0 Å². The lowest BCUT2D eigenvalue weighted by molar-refractivity contribution is 0.311. The van der Waals surface area contributed by atoms with Crippen LogP contribution in [0.2, 0.25) is 0 Å². The van der Waals surface area contributed by atoms with Gasteiger partial charge in [-0.15, -0.1) is 6.58 Å². The Labute approximate surface area is 89.8 Å². The van der Waals surface area contributed by atoms with Gasteiger partial charge in [0.05, 0.1) is 0 Å². The number of hydrogen-bond donors (Lipinski definition) is 1. The van der Waals surface area contributed by atoms with E-state index >= 15 is 0 Å². The van der Waals surface area contributed by atoms with Crippen LogP contribution in [0.1, 0.15) is 52.4 Å². The second-order valence-electron chi connectivity index (χ2n) is 3.97. The third kappa shape index (κ3) is 5.43. The molecule has 1 atom stereocenters. The molecule has 1 heteroatoms. The monoisotopic (exact) mass is 197 g/mol. The van der Waals surface area contributed by atoms with Gasteiger partial charge in [0.1, 0.15) is 0 Å². The van der Waals surface area contributed by atoms with E-state index in [0.717, 1.165) is 12.5 Å². The summed E-state index contributed by atoms with van der Waals surface area (Å²) in [7, 11) is 0. The fraction of sp³-hybridized carbons (Fsp3) is 0.846. The normalized spacial score (nSPS) is 19.4. The van der Waals surface area contributed by atoms with Crippen LogP contribution in [-0.2, 0) is 0 Å². The summed E-state index contributed by atoms with van der Waals surface area (Å²) in [6.45, 7) is 8.60. The maximum atomic E-state index is 5.63. The largest absolute Gasteiger partial charge is 0.330 e. The molecule has 0 heterocycles. The van der Waals surface area contributed by atoms with Gasteiger partial charge in [-0.1, -0.05) is 52.0 Å². The van der Waals surface area contributed by atoms with Crippen molar-refractivity contribution in [2.45, 2.75) is 52.4 Å². The van der Waals surface area contributed by atoms with Crippen LogP contribution in [0.5, 0.6) is 0 Å². The molecule has 1 unspecified atom stereocenters. The second kappa shape index (κ2) is 9.26. The zero-order chi connectivity index (χ0) is 10.8. The van der Waals surface area contributed by atoms with Crippen LogP contribution in [0, 0.1) is 11.8 Å². The summed E-state index contributed by atoms with van der Waals surface area (Å²) >= 11 is 0. The van der Waals surface area contributed by atoms with E-state index in [1.807, 2.05) is 19.9 Å². The van der Waals surface area contributed by atoms with E-state index in [4.69, 9.17) is 5.73 Å². The molecule has 0 aliphatic heterocycles. The topological polar surface area (TPSA) is 26.0 Å². The number of nitrogens with two attached hydrogens (primary N) is 1. The fourth-order valence-corrected chi connectivity index (χ4v) is 2.14. The molecule has 0 amide bonds. The zero-order valence-corrected chi connectivity index (χ0v) is 9.97. The van der Waals surface area contributed by atoms with Crippen molar-refractivity contribution in [3.63, 3.8) is 0 Å². The maximum Gasteiger partial charge on any atom is -0.00142 e. The second-order valence-corrected chi connectivity index (χ2v) is 3.97. The van der Waals surface area contributed by atoms with E-state index in [0.29, 0.717) is 5.92 Å². The van der Waals surface area contributed by atoms with E-state index in [1.165, 1.54) is 38.5 Å². The third-order valence-electron chi connectivity index (χ3n) is 3.00. The highest BCUT2D eigenvalue weighted by Crippen LogP contribution is 2.28. The van der Waals surface area contributed by atoms with E-state index in [2.05, 4.69) is 6.58 Å². The van der Waals surface area contributed by atoms with Gasteiger partial charge in [0, 0.05) is 0 Å². The Kier molecular flexibility index (Phi) is 9.06. The Bertz CT molecular complexity index is 125.